The van der Waals surface area contributed by atoms with Gasteiger partial charge in [-0.2, -0.15) is 0 Å². The Morgan fingerprint density at radius 3 is 2.38 bits per heavy atom. The summed E-state index contributed by atoms with van der Waals surface area (Å²) < 4.78 is 5.33. The fourth-order valence-electron chi connectivity index (χ4n) is 2.51. The summed E-state index contributed by atoms with van der Waals surface area (Å²) in [7, 11) is 0. The summed E-state index contributed by atoms with van der Waals surface area (Å²) >= 11 is 0. The zero-order valence-electron chi connectivity index (χ0n) is 14.7. The van der Waals surface area contributed by atoms with E-state index in [1.165, 1.54) is 6.07 Å². The highest BCUT2D eigenvalue weighted by Crippen LogP contribution is 2.33. The van der Waals surface area contributed by atoms with E-state index in [1.54, 1.807) is 32.9 Å². The Morgan fingerprint density at radius 2 is 1.88 bits per heavy atom. The van der Waals surface area contributed by atoms with E-state index in [0.717, 1.165) is 38.4 Å². The van der Waals surface area contributed by atoms with Gasteiger partial charge in [-0.1, -0.05) is 6.92 Å². The second-order valence-electron chi connectivity index (χ2n) is 6.97. The molecule has 0 radical (unpaired) electrons. The monoisotopic (exact) mass is 335 g/mol. The maximum absolute atomic E-state index is 12.1. The van der Waals surface area contributed by atoms with Crippen LogP contribution in [0.15, 0.2) is 18.2 Å². The topological polar surface area (TPSA) is 75.9 Å². The van der Waals surface area contributed by atoms with E-state index < -0.39 is 16.3 Å². The van der Waals surface area contributed by atoms with Crippen molar-refractivity contribution in [1.82, 2.24) is 4.90 Å². The molecule has 0 spiro atoms. The maximum Gasteiger partial charge on any atom is 0.316 e. The number of benzene rings is 1. The van der Waals surface area contributed by atoms with Crippen molar-refractivity contribution in [2.45, 2.75) is 27.7 Å². The predicted molar refractivity (Wildman–Crippen MR) is 92.5 cm³/mol. The third-order valence-corrected chi connectivity index (χ3v) is 4.14. The van der Waals surface area contributed by atoms with E-state index >= 15 is 0 Å². The fourth-order valence-corrected chi connectivity index (χ4v) is 2.51. The molecule has 7 nitrogen and oxygen atoms in total. The summed E-state index contributed by atoms with van der Waals surface area (Å²) in [5.41, 5.74) is -0.0759. The number of carbonyl (C=O) groups is 1. The van der Waals surface area contributed by atoms with Crippen LogP contribution in [0.4, 0.5) is 11.4 Å². The molecular formula is C17H25N3O4. The van der Waals surface area contributed by atoms with Crippen molar-refractivity contribution in [3.63, 3.8) is 0 Å². The van der Waals surface area contributed by atoms with Gasteiger partial charge in [0.05, 0.1) is 10.3 Å². The molecule has 0 N–H and O–H groups in total. The smallest absolute Gasteiger partial charge is 0.316 e. The molecule has 0 saturated carbocycles. The first-order chi connectivity index (χ1) is 11.2. The van der Waals surface area contributed by atoms with E-state index in [-0.39, 0.29) is 11.4 Å². The molecule has 132 valence electrons. The van der Waals surface area contributed by atoms with Crippen molar-refractivity contribution in [3.8, 4) is 5.75 Å². The third-order valence-electron chi connectivity index (χ3n) is 4.14. The van der Waals surface area contributed by atoms with Crippen LogP contribution in [0, 0.1) is 15.5 Å². The number of piperazine rings is 1. The second kappa shape index (κ2) is 7.17. The van der Waals surface area contributed by atoms with Crippen molar-refractivity contribution in [2.75, 3.05) is 37.6 Å². The van der Waals surface area contributed by atoms with Gasteiger partial charge in [-0.05, 0) is 33.4 Å². The largest absolute Gasteiger partial charge is 0.419 e. The minimum Gasteiger partial charge on any atom is -0.419 e. The molecule has 1 aromatic rings. The number of anilines is 1. The molecule has 0 aliphatic carbocycles. The Hall–Kier alpha value is -2.15. The number of esters is 1. The molecule has 1 aliphatic heterocycles. The van der Waals surface area contributed by atoms with Crippen LogP contribution in [0.25, 0.3) is 0 Å². The first-order valence-electron chi connectivity index (χ1n) is 8.20. The van der Waals surface area contributed by atoms with Gasteiger partial charge < -0.3 is 14.5 Å². The highest BCUT2D eigenvalue weighted by Gasteiger charge is 2.28. The zero-order valence-corrected chi connectivity index (χ0v) is 14.7. The molecular weight excluding hydrogens is 310 g/mol. The van der Waals surface area contributed by atoms with E-state index in [4.69, 9.17) is 4.74 Å². The maximum atomic E-state index is 12.1. The fraction of sp³-hybridized carbons (Fsp3) is 0.588. The Morgan fingerprint density at radius 1 is 1.25 bits per heavy atom. The van der Waals surface area contributed by atoms with Crippen molar-refractivity contribution in [2.24, 2.45) is 5.41 Å². The van der Waals surface area contributed by atoms with Gasteiger partial charge in [-0.3, -0.25) is 14.9 Å². The molecule has 1 fully saturated rings. The molecule has 1 aromatic carbocycles. The van der Waals surface area contributed by atoms with Gasteiger partial charge in [0.1, 0.15) is 0 Å². The highest BCUT2D eigenvalue weighted by atomic mass is 16.6. The average Bonchev–Trinajstić information content (AvgIpc) is 2.53. The molecule has 2 rings (SSSR count). The predicted octanol–water partition coefficient (Wildman–Crippen LogP) is 2.69. The van der Waals surface area contributed by atoms with Gasteiger partial charge in [0.25, 0.3) is 0 Å². The Bertz CT molecular complexity index is 617. The number of nitro benzene ring substituents is 1. The number of rotatable bonds is 4. The van der Waals surface area contributed by atoms with Crippen LogP contribution in [0.2, 0.25) is 0 Å². The third kappa shape index (κ3) is 4.23. The molecule has 0 amide bonds. The summed E-state index contributed by atoms with van der Waals surface area (Å²) in [4.78, 5) is 27.3. The van der Waals surface area contributed by atoms with Crippen LogP contribution in [0.1, 0.15) is 27.7 Å². The molecule has 24 heavy (non-hydrogen) atoms. The zero-order chi connectivity index (χ0) is 17.9. The lowest BCUT2D eigenvalue weighted by Crippen LogP contribution is -2.46. The lowest BCUT2D eigenvalue weighted by molar-refractivity contribution is -0.385. The van der Waals surface area contributed by atoms with Crippen LogP contribution in [-0.2, 0) is 4.79 Å². The highest BCUT2D eigenvalue weighted by molar-refractivity contribution is 5.79. The van der Waals surface area contributed by atoms with E-state index in [1.807, 2.05) is 0 Å². The van der Waals surface area contributed by atoms with Gasteiger partial charge in [-0.15, -0.1) is 0 Å². The van der Waals surface area contributed by atoms with Crippen LogP contribution in [0.3, 0.4) is 0 Å². The summed E-state index contributed by atoms with van der Waals surface area (Å²) in [6.07, 6.45) is 0. The Labute approximate surface area is 142 Å². The average molecular weight is 335 g/mol. The number of ether oxygens (including phenoxy) is 1. The number of nitrogens with zero attached hydrogens (tertiary/aromatic N) is 3. The lowest BCUT2D eigenvalue weighted by atomic mass is 9.97. The molecule has 0 atom stereocenters. The summed E-state index contributed by atoms with van der Waals surface area (Å²) in [5.74, 6) is -0.478. The van der Waals surface area contributed by atoms with Crippen LogP contribution in [-0.4, -0.2) is 48.5 Å². The van der Waals surface area contributed by atoms with E-state index in [2.05, 4.69) is 16.7 Å². The lowest BCUT2D eigenvalue weighted by Gasteiger charge is -2.35. The van der Waals surface area contributed by atoms with Crippen molar-refractivity contribution >= 4 is 17.3 Å². The van der Waals surface area contributed by atoms with E-state index in [9.17, 15) is 14.9 Å². The minimum absolute atomic E-state index is 0.00958. The van der Waals surface area contributed by atoms with Gasteiger partial charge in [0.15, 0.2) is 0 Å². The second-order valence-corrected chi connectivity index (χ2v) is 6.97. The molecule has 1 heterocycles. The molecule has 1 saturated heterocycles. The van der Waals surface area contributed by atoms with Crippen LogP contribution in [0.5, 0.6) is 5.75 Å². The standard InChI is InChI=1S/C17H25N3O4/c1-5-18-8-10-19(11-9-18)13-6-7-14(20(22)23)15(12-13)24-16(21)17(2,3)4/h6-7,12H,5,8-11H2,1-4H3. The number of hydrogen-bond donors (Lipinski definition) is 0. The molecule has 1 aliphatic rings. The Kier molecular flexibility index (Phi) is 5.43. The molecule has 0 aromatic heterocycles. The van der Waals surface area contributed by atoms with Crippen molar-refractivity contribution in [1.29, 1.82) is 0 Å². The van der Waals surface area contributed by atoms with E-state index in [0.29, 0.717) is 0 Å². The summed E-state index contributed by atoms with van der Waals surface area (Å²) in [5, 5.41) is 11.2. The van der Waals surface area contributed by atoms with Gasteiger partial charge in [-0.25, -0.2) is 0 Å². The van der Waals surface area contributed by atoms with Crippen molar-refractivity contribution in [3.05, 3.63) is 28.3 Å². The first-order valence-corrected chi connectivity index (χ1v) is 8.20. The van der Waals surface area contributed by atoms with Crippen LogP contribution >= 0.6 is 0 Å². The first kappa shape index (κ1) is 18.2. The SMILES string of the molecule is CCN1CCN(c2ccc([N+](=O)[O-])c(OC(=O)C(C)(C)C)c2)CC1. The molecule has 0 unspecified atom stereocenters. The van der Waals surface area contributed by atoms with Gasteiger partial charge in [0, 0.05) is 44.0 Å². The minimum atomic E-state index is -0.726. The van der Waals surface area contributed by atoms with Crippen molar-refractivity contribution < 1.29 is 14.5 Å². The van der Waals surface area contributed by atoms with Gasteiger partial charge in [0.2, 0.25) is 5.75 Å². The van der Waals surface area contributed by atoms with Crippen LogP contribution < -0.4 is 9.64 Å². The van der Waals surface area contributed by atoms with Gasteiger partial charge >= 0.3 is 11.7 Å². The number of hydrogen-bond acceptors (Lipinski definition) is 6. The number of likely N-dealkylation sites (N-methyl/N-ethyl adjacent to an activating group) is 1. The molecule has 0 bridgehead atoms. The molecule has 7 heteroatoms. The quantitative estimate of drug-likeness (QED) is 0.364. The number of nitro groups is 1. The number of carbonyl (C=O) groups excluding carboxylic acids is 1. The summed E-state index contributed by atoms with van der Waals surface area (Å²) in [6.45, 7) is 11.9. The normalized spacial score (nSPS) is 16.1. The Balaban J connectivity index is 2.24. The summed E-state index contributed by atoms with van der Waals surface area (Å²) in [6, 6.07) is 4.73.